The number of hydrogen-bond acceptors (Lipinski definition) is 3. The Hall–Kier alpha value is -1.32. The van der Waals surface area contributed by atoms with E-state index in [2.05, 4.69) is 10.3 Å². The second-order valence-electron chi connectivity index (χ2n) is 3.93. The predicted octanol–water partition coefficient (Wildman–Crippen LogP) is 3.38. The van der Waals surface area contributed by atoms with Gasteiger partial charge in [-0.2, -0.15) is 0 Å². The quantitative estimate of drug-likeness (QED) is 0.907. The van der Waals surface area contributed by atoms with Gasteiger partial charge >= 0.3 is 0 Å². The van der Waals surface area contributed by atoms with E-state index in [0.717, 1.165) is 27.8 Å². The molecular weight excluding hydrogens is 236 g/mol. The van der Waals surface area contributed by atoms with E-state index in [1.807, 2.05) is 32.2 Å². The second kappa shape index (κ2) is 4.90. The summed E-state index contributed by atoms with van der Waals surface area (Å²) in [5, 5.41) is 4.84. The summed E-state index contributed by atoms with van der Waals surface area (Å²) in [7, 11) is 3.54. The van der Waals surface area contributed by atoms with E-state index in [4.69, 9.17) is 16.3 Å². The molecule has 0 aliphatic heterocycles. The van der Waals surface area contributed by atoms with Crippen LogP contribution in [-0.2, 0) is 11.3 Å². The topological polar surface area (TPSA) is 34.1 Å². The van der Waals surface area contributed by atoms with Gasteiger partial charge in [-0.1, -0.05) is 17.7 Å². The molecule has 0 saturated carbocycles. The SMILES string of the molecule is CNc1cc(COC)nc2c(C)ccc(Cl)c12. The van der Waals surface area contributed by atoms with Crippen molar-refractivity contribution in [1.82, 2.24) is 4.98 Å². The number of hydrogen-bond donors (Lipinski definition) is 1. The molecule has 3 nitrogen and oxygen atoms in total. The smallest absolute Gasteiger partial charge is 0.0885 e. The molecular formula is C13H15ClN2O. The maximum Gasteiger partial charge on any atom is 0.0885 e. The van der Waals surface area contributed by atoms with Gasteiger partial charge in [0.1, 0.15) is 0 Å². The highest BCUT2D eigenvalue weighted by Crippen LogP contribution is 2.32. The number of methoxy groups -OCH3 is 1. The number of anilines is 1. The molecule has 4 heteroatoms. The molecule has 2 rings (SSSR count). The molecule has 0 aliphatic carbocycles. The highest BCUT2D eigenvalue weighted by Gasteiger charge is 2.10. The standard InChI is InChI=1S/C13H15ClN2O/c1-8-4-5-10(14)12-11(15-2)6-9(7-17-3)16-13(8)12/h4-6H,7H2,1-3H3,(H,15,16). The molecule has 1 aromatic carbocycles. The number of nitrogens with zero attached hydrogens (tertiary/aromatic N) is 1. The van der Waals surface area contributed by atoms with Gasteiger partial charge in [-0.05, 0) is 24.6 Å². The van der Waals surface area contributed by atoms with Crippen molar-refractivity contribution in [2.45, 2.75) is 13.5 Å². The Bertz CT molecular complexity index is 555. The molecule has 0 radical (unpaired) electrons. The number of aryl methyl sites for hydroxylation is 1. The molecule has 17 heavy (non-hydrogen) atoms. The van der Waals surface area contributed by atoms with Gasteiger partial charge in [0.05, 0.1) is 22.8 Å². The summed E-state index contributed by atoms with van der Waals surface area (Å²) in [6.07, 6.45) is 0. The molecule has 2 aromatic rings. The summed E-state index contributed by atoms with van der Waals surface area (Å²) in [6, 6.07) is 5.85. The summed E-state index contributed by atoms with van der Waals surface area (Å²) < 4.78 is 5.12. The number of nitrogens with one attached hydrogen (secondary N) is 1. The number of ether oxygens (including phenoxy) is 1. The molecule has 0 atom stereocenters. The van der Waals surface area contributed by atoms with E-state index < -0.39 is 0 Å². The maximum atomic E-state index is 6.23. The number of halogens is 1. The zero-order chi connectivity index (χ0) is 12.4. The van der Waals surface area contributed by atoms with E-state index >= 15 is 0 Å². The largest absolute Gasteiger partial charge is 0.387 e. The van der Waals surface area contributed by atoms with Gasteiger partial charge in [0.25, 0.3) is 0 Å². The van der Waals surface area contributed by atoms with Crippen LogP contribution in [0.2, 0.25) is 5.02 Å². The van der Waals surface area contributed by atoms with Gasteiger partial charge in [0.15, 0.2) is 0 Å². The number of aromatic nitrogens is 1. The maximum absolute atomic E-state index is 6.23. The Morgan fingerprint density at radius 1 is 1.41 bits per heavy atom. The van der Waals surface area contributed by atoms with Gasteiger partial charge in [0.2, 0.25) is 0 Å². The van der Waals surface area contributed by atoms with Crippen LogP contribution in [-0.4, -0.2) is 19.1 Å². The summed E-state index contributed by atoms with van der Waals surface area (Å²) in [4.78, 5) is 4.58. The van der Waals surface area contributed by atoms with Gasteiger partial charge < -0.3 is 10.1 Å². The third kappa shape index (κ3) is 2.21. The summed E-state index contributed by atoms with van der Waals surface area (Å²) in [5.41, 5.74) is 3.92. The Labute approximate surface area is 106 Å². The van der Waals surface area contributed by atoms with E-state index in [0.29, 0.717) is 11.6 Å². The number of benzene rings is 1. The lowest BCUT2D eigenvalue weighted by Crippen LogP contribution is -1.99. The van der Waals surface area contributed by atoms with Crippen LogP contribution in [0.15, 0.2) is 18.2 Å². The highest BCUT2D eigenvalue weighted by atomic mass is 35.5. The van der Waals surface area contributed by atoms with Crippen LogP contribution >= 0.6 is 11.6 Å². The molecule has 90 valence electrons. The molecule has 0 fully saturated rings. The number of rotatable bonds is 3. The Balaban J connectivity index is 2.77. The van der Waals surface area contributed by atoms with E-state index in [9.17, 15) is 0 Å². The molecule has 1 N–H and O–H groups in total. The molecule has 0 aliphatic rings. The monoisotopic (exact) mass is 250 g/mol. The average Bonchev–Trinajstić information content (AvgIpc) is 2.33. The fraction of sp³-hybridized carbons (Fsp3) is 0.308. The molecule has 1 heterocycles. The van der Waals surface area contributed by atoms with Crippen molar-refractivity contribution in [3.05, 3.63) is 34.5 Å². The van der Waals surface area contributed by atoms with Gasteiger partial charge in [0, 0.05) is 25.2 Å². The molecule has 0 amide bonds. The first-order chi connectivity index (χ1) is 8.17. The van der Waals surface area contributed by atoms with Crippen molar-refractivity contribution in [2.75, 3.05) is 19.5 Å². The predicted molar refractivity (Wildman–Crippen MR) is 71.7 cm³/mol. The van der Waals surface area contributed by atoms with Crippen LogP contribution in [0, 0.1) is 6.92 Å². The Morgan fingerprint density at radius 3 is 2.82 bits per heavy atom. The van der Waals surface area contributed by atoms with Crippen molar-refractivity contribution in [1.29, 1.82) is 0 Å². The van der Waals surface area contributed by atoms with E-state index in [-0.39, 0.29) is 0 Å². The number of fused-ring (bicyclic) bond motifs is 1. The lowest BCUT2D eigenvalue weighted by Gasteiger charge is -2.11. The van der Waals surface area contributed by atoms with Gasteiger partial charge in [-0.3, -0.25) is 0 Å². The van der Waals surface area contributed by atoms with Crippen LogP contribution in [0.3, 0.4) is 0 Å². The summed E-state index contributed by atoms with van der Waals surface area (Å²) in [6.45, 7) is 2.53. The van der Waals surface area contributed by atoms with Gasteiger partial charge in [-0.15, -0.1) is 0 Å². The van der Waals surface area contributed by atoms with Crippen molar-refractivity contribution < 1.29 is 4.74 Å². The average molecular weight is 251 g/mol. The lowest BCUT2D eigenvalue weighted by atomic mass is 10.1. The summed E-state index contributed by atoms with van der Waals surface area (Å²) >= 11 is 6.23. The van der Waals surface area contributed by atoms with Crippen LogP contribution in [0.1, 0.15) is 11.3 Å². The first-order valence-corrected chi connectivity index (χ1v) is 5.80. The Morgan fingerprint density at radius 2 is 2.18 bits per heavy atom. The first-order valence-electron chi connectivity index (χ1n) is 5.42. The van der Waals surface area contributed by atoms with Crippen molar-refractivity contribution in [3.63, 3.8) is 0 Å². The van der Waals surface area contributed by atoms with Crippen molar-refractivity contribution >= 4 is 28.2 Å². The summed E-state index contributed by atoms with van der Waals surface area (Å²) in [5.74, 6) is 0. The molecule has 0 unspecified atom stereocenters. The lowest BCUT2D eigenvalue weighted by molar-refractivity contribution is 0.182. The highest BCUT2D eigenvalue weighted by molar-refractivity contribution is 6.36. The first kappa shape index (κ1) is 12.1. The third-order valence-electron chi connectivity index (χ3n) is 2.73. The van der Waals surface area contributed by atoms with Crippen molar-refractivity contribution in [3.8, 4) is 0 Å². The molecule has 0 saturated heterocycles. The molecule has 0 bridgehead atoms. The fourth-order valence-electron chi connectivity index (χ4n) is 1.90. The van der Waals surface area contributed by atoms with Crippen LogP contribution in [0.5, 0.6) is 0 Å². The third-order valence-corrected chi connectivity index (χ3v) is 3.04. The van der Waals surface area contributed by atoms with Gasteiger partial charge in [-0.25, -0.2) is 4.98 Å². The minimum absolute atomic E-state index is 0.497. The van der Waals surface area contributed by atoms with E-state index in [1.165, 1.54) is 0 Å². The Kier molecular flexibility index (Phi) is 3.50. The zero-order valence-electron chi connectivity index (χ0n) is 10.2. The van der Waals surface area contributed by atoms with Crippen molar-refractivity contribution in [2.24, 2.45) is 0 Å². The zero-order valence-corrected chi connectivity index (χ0v) is 10.9. The minimum atomic E-state index is 0.497. The minimum Gasteiger partial charge on any atom is -0.387 e. The number of pyridine rings is 1. The second-order valence-corrected chi connectivity index (χ2v) is 4.34. The van der Waals surface area contributed by atoms with E-state index in [1.54, 1.807) is 7.11 Å². The molecule has 1 aromatic heterocycles. The normalized spacial score (nSPS) is 10.8. The molecule has 0 spiro atoms. The van der Waals surface area contributed by atoms with Crippen LogP contribution in [0.25, 0.3) is 10.9 Å². The fourth-order valence-corrected chi connectivity index (χ4v) is 2.16. The van der Waals surface area contributed by atoms with Crippen LogP contribution in [0.4, 0.5) is 5.69 Å². The van der Waals surface area contributed by atoms with Crippen LogP contribution < -0.4 is 5.32 Å².